The molecule has 0 spiro atoms. The van der Waals surface area contributed by atoms with E-state index < -0.39 is 21.8 Å². The molecule has 8 nitrogen and oxygen atoms in total. The van der Waals surface area contributed by atoms with E-state index in [9.17, 15) is 18.0 Å². The second-order valence-corrected chi connectivity index (χ2v) is 9.02. The Kier molecular flexibility index (Phi) is 7.92. The Morgan fingerprint density at radius 1 is 0.939 bits per heavy atom. The highest BCUT2D eigenvalue weighted by Gasteiger charge is 2.16. The number of carbonyl (C=O) groups is 2. The quantitative estimate of drug-likeness (QED) is 0.420. The van der Waals surface area contributed by atoms with Gasteiger partial charge in [-0.05, 0) is 67.1 Å². The molecule has 0 heterocycles. The normalized spacial score (nSPS) is 10.8. The summed E-state index contributed by atoms with van der Waals surface area (Å²) in [6.07, 6.45) is 0.0549. The van der Waals surface area contributed by atoms with Gasteiger partial charge in [0.2, 0.25) is 5.91 Å². The van der Waals surface area contributed by atoms with Crippen LogP contribution in [-0.2, 0) is 21.2 Å². The van der Waals surface area contributed by atoms with Crippen LogP contribution in [0.25, 0.3) is 0 Å². The number of carbonyl (C=O) groups excluding carboxylic acids is 2. The second kappa shape index (κ2) is 10.8. The number of hydrogen-bond acceptors (Lipinski definition) is 5. The van der Waals surface area contributed by atoms with Crippen molar-refractivity contribution in [3.05, 3.63) is 88.9 Å². The van der Waals surface area contributed by atoms with Gasteiger partial charge in [-0.2, -0.15) is 0 Å². The maximum Gasteiger partial charge on any atom is 0.269 e. The predicted octanol–water partition coefficient (Wildman–Crippen LogP) is 3.54. The van der Waals surface area contributed by atoms with Crippen molar-refractivity contribution < 1.29 is 22.7 Å². The molecule has 3 aromatic carbocycles. The lowest BCUT2D eigenvalue weighted by Gasteiger charge is -2.11. The Labute approximate surface area is 196 Å². The molecule has 172 valence electrons. The molecule has 3 rings (SSSR count). The number of ether oxygens (including phenoxy) is 1. The summed E-state index contributed by atoms with van der Waals surface area (Å²) >= 11 is 5.82. The van der Waals surface area contributed by atoms with E-state index in [-0.39, 0.29) is 22.6 Å². The molecule has 0 fully saturated rings. The van der Waals surface area contributed by atoms with Crippen LogP contribution in [0.1, 0.15) is 22.8 Å². The summed E-state index contributed by atoms with van der Waals surface area (Å²) in [7, 11) is -3.87. The monoisotopic (exact) mass is 487 g/mol. The van der Waals surface area contributed by atoms with Crippen molar-refractivity contribution in [2.24, 2.45) is 0 Å². The summed E-state index contributed by atoms with van der Waals surface area (Å²) in [5.41, 5.74) is 5.74. The van der Waals surface area contributed by atoms with Crippen molar-refractivity contribution >= 4 is 39.1 Å². The SMILES string of the molecule is CCOc1ccc(S(=O)(=O)Nc2cccc(C(=O)NNC(=O)Cc3ccc(Cl)cc3)c2)cc1. The molecule has 3 aromatic rings. The van der Waals surface area contributed by atoms with Crippen molar-refractivity contribution in [2.75, 3.05) is 11.3 Å². The summed E-state index contributed by atoms with van der Waals surface area (Å²) in [6, 6.07) is 18.7. The van der Waals surface area contributed by atoms with Gasteiger partial charge in [-0.3, -0.25) is 25.2 Å². The number of amides is 2. The fourth-order valence-corrected chi connectivity index (χ4v) is 4.03. The third-order valence-corrected chi connectivity index (χ3v) is 6.06. The first-order chi connectivity index (χ1) is 15.8. The molecule has 0 atom stereocenters. The first-order valence-corrected chi connectivity index (χ1v) is 11.8. The highest BCUT2D eigenvalue weighted by molar-refractivity contribution is 7.92. The van der Waals surface area contributed by atoms with Gasteiger partial charge in [0.15, 0.2) is 0 Å². The largest absolute Gasteiger partial charge is 0.494 e. The molecule has 0 saturated carbocycles. The molecule has 0 aromatic heterocycles. The molecule has 33 heavy (non-hydrogen) atoms. The number of nitrogens with one attached hydrogen (secondary N) is 3. The number of halogens is 1. The Morgan fingerprint density at radius 2 is 1.64 bits per heavy atom. The number of benzene rings is 3. The highest BCUT2D eigenvalue weighted by Crippen LogP contribution is 2.20. The predicted molar refractivity (Wildman–Crippen MR) is 126 cm³/mol. The van der Waals surface area contributed by atoms with E-state index in [1.54, 1.807) is 36.4 Å². The van der Waals surface area contributed by atoms with Crippen LogP contribution in [-0.4, -0.2) is 26.8 Å². The van der Waals surface area contributed by atoms with E-state index in [1.807, 2.05) is 6.92 Å². The average Bonchev–Trinajstić information content (AvgIpc) is 2.79. The molecule has 10 heteroatoms. The van der Waals surface area contributed by atoms with Gasteiger partial charge in [0, 0.05) is 16.3 Å². The van der Waals surface area contributed by atoms with E-state index in [1.165, 1.54) is 36.4 Å². The van der Waals surface area contributed by atoms with Crippen LogP contribution in [0.5, 0.6) is 5.75 Å². The summed E-state index contributed by atoms with van der Waals surface area (Å²) in [6.45, 7) is 2.31. The lowest BCUT2D eigenvalue weighted by molar-refractivity contribution is -0.121. The van der Waals surface area contributed by atoms with Crippen molar-refractivity contribution in [1.29, 1.82) is 0 Å². The molecule has 0 unspecified atom stereocenters. The third-order valence-electron chi connectivity index (χ3n) is 4.42. The molecule has 0 radical (unpaired) electrons. The van der Waals surface area contributed by atoms with E-state index in [0.717, 1.165) is 5.56 Å². The van der Waals surface area contributed by atoms with Crippen LogP contribution in [0.4, 0.5) is 5.69 Å². The van der Waals surface area contributed by atoms with Crippen LogP contribution in [0.3, 0.4) is 0 Å². The maximum absolute atomic E-state index is 12.6. The van der Waals surface area contributed by atoms with Gasteiger partial charge in [-0.15, -0.1) is 0 Å². The maximum atomic E-state index is 12.6. The molecule has 0 aliphatic heterocycles. The van der Waals surface area contributed by atoms with Gasteiger partial charge in [0.05, 0.1) is 17.9 Å². The zero-order valence-electron chi connectivity index (χ0n) is 17.7. The molecular formula is C23H22ClN3O5S. The zero-order valence-corrected chi connectivity index (χ0v) is 19.2. The van der Waals surface area contributed by atoms with Gasteiger partial charge < -0.3 is 4.74 Å². The Morgan fingerprint density at radius 3 is 2.30 bits per heavy atom. The number of sulfonamides is 1. The number of rotatable bonds is 8. The lowest BCUT2D eigenvalue weighted by atomic mass is 10.1. The third kappa shape index (κ3) is 6.96. The van der Waals surface area contributed by atoms with Crippen LogP contribution in [0.15, 0.2) is 77.7 Å². The fraction of sp³-hybridized carbons (Fsp3) is 0.130. The van der Waals surface area contributed by atoms with Gasteiger partial charge in [0.1, 0.15) is 5.75 Å². The number of anilines is 1. The molecule has 0 aliphatic carbocycles. The van der Waals surface area contributed by atoms with Crippen LogP contribution >= 0.6 is 11.6 Å². The molecule has 0 bridgehead atoms. The minimum atomic E-state index is -3.87. The standard InChI is InChI=1S/C23H22ClN3O5S/c1-2-32-20-10-12-21(13-11-20)33(30,31)27-19-5-3-4-17(15-19)23(29)26-25-22(28)14-16-6-8-18(24)9-7-16/h3-13,15,27H,2,14H2,1H3,(H,25,28)(H,26,29). The van der Waals surface area contributed by atoms with Crippen LogP contribution < -0.4 is 20.3 Å². The lowest BCUT2D eigenvalue weighted by Crippen LogP contribution is -2.42. The van der Waals surface area contributed by atoms with E-state index in [4.69, 9.17) is 16.3 Å². The van der Waals surface area contributed by atoms with Gasteiger partial charge >= 0.3 is 0 Å². The van der Waals surface area contributed by atoms with Crippen molar-refractivity contribution in [3.8, 4) is 5.75 Å². The van der Waals surface area contributed by atoms with Crippen molar-refractivity contribution in [3.63, 3.8) is 0 Å². The Balaban J connectivity index is 1.60. The van der Waals surface area contributed by atoms with Gasteiger partial charge in [0.25, 0.3) is 15.9 Å². The van der Waals surface area contributed by atoms with Crippen molar-refractivity contribution in [2.45, 2.75) is 18.2 Å². The first kappa shape index (κ1) is 24.1. The highest BCUT2D eigenvalue weighted by atomic mass is 35.5. The summed E-state index contributed by atoms with van der Waals surface area (Å²) in [5.74, 6) is -0.451. The van der Waals surface area contributed by atoms with Crippen molar-refractivity contribution in [1.82, 2.24) is 10.9 Å². The first-order valence-electron chi connectivity index (χ1n) is 9.96. The summed E-state index contributed by atoms with van der Waals surface area (Å²) in [5, 5.41) is 0.561. The molecule has 3 N–H and O–H groups in total. The van der Waals surface area contributed by atoms with E-state index >= 15 is 0 Å². The summed E-state index contributed by atoms with van der Waals surface area (Å²) in [4.78, 5) is 24.5. The Hall–Kier alpha value is -3.56. The number of hydrogen-bond donors (Lipinski definition) is 3. The second-order valence-electron chi connectivity index (χ2n) is 6.90. The van der Waals surface area contributed by atoms with Gasteiger partial charge in [-0.25, -0.2) is 8.42 Å². The molecule has 0 aliphatic rings. The molecule has 0 saturated heterocycles. The minimum Gasteiger partial charge on any atom is -0.494 e. The average molecular weight is 488 g/mol. The molecule has 2 amide bonds. The Bertz CT molecular complexity index is 1230. The molecular weight excluding hydrogens is 466 g/mol. The smallest absolute Gasteiger partial charge is 0.269 e. The van der Waals surface area contributed by atoms with Gasteiger partial charge in [-0.1, -0.05) is 29.8 Å². The number of hydrazine groups is 1. The summed E-state index contributed by atoms with van der Waals surface area (Å²) < 4.78 is 33.0. The van der Waals surface area contributed by atoms with E-state index in [0.29, 0.717) is 17.4 Å². The fourth-order valence-electron chi connectivity index (χ4n) is 2.85. The minimum absolute atomic E-state index is 0.0512. The topological polar surface area (TPSA) is 114 Å². The zero-order chi connectivity index (χ0) is 23.8. The van der Waals surface area contributed by atoms with E-state index in [2.05, 4.69) is 15.6 Å². The van der Waals surface area contributed by atoms with Crippen LogP contribution in [0.2, 0.25) is 5.02 Å². The van der Waals surface area contributed by atoms with Crippen LogP contribution in [0, 0.1) is 0 Å².